The topological polar surface area (TPSA) is 52.9 Å². The maximum absolute atomic E-state index is 11.8. The van der Waals surface area contributed by atoms with Crippen LogP contribution >= 0.6 is 0 Å². The zero-order valence-electron chi connectivity index (χ0n) is 13.0. The second-order valence-electron chi connectivity index (χ2n) is 5.45. The van der Waals surface area contributed by atoms with Gasteiger partial charge < -0.3 is 5.32 Å². The highest BCUT2D eigenvalue weighted by molar-refractivity contribution is 5.90. The molecular weight excluding hydrogens is 260 g/mol. The molecule has 0 saturated heterocycles. The van der Waals surface area contributed by atoms with Gasteiger partial charge in [-0.15, -0.1) is 0 Å². The molecule has 1 rings (SSSR count). The first kappa shape index (κ1) is 17.2. The molecule has 0 aromatic heterocycles. The quantitative estimate of drug-likeness (QED) is 0.626. The highest BCUT2D eigenvalue weighted by Gasteiger charge is 2.02. The Hall–Kier alpha value is -1.82. The number of carbonyl (C=O) groups excluding carboxylic acids is 1. The first-order valence-corrected chi connectivity index (χ1v) is 8.02. The van der Waals surface area contributed by atoms with Crippen LogP contribution in [0, 0.1) is 11.3 Å². The summed E-state index contributed by atoms with van der Waals surface area (Å²) in [7, 11) is 0. The molecule has 1 aromatic carbocycles. The molecule has 1 amide bonds. The third-order valence-electron chi connectivity index (χ3n) is 3.53. The van der Waals surface area contributed by atoms with Gasteiger partial charge in [-0.05, 0) is 24.1 Å². The highest BCUT2D eigenvalue weighted by Crippen LogP contribution is 2.12. The number of carbonyl (C=O) groups is 1. The van der Waals surface area contributed by atoms with E-state index >= 15 is 0 Å². The Labute approximate surface area is 128 Å². The largest absolute Gasteiger partial charge is 0.326 e. The lowest BCUT2D eigenvalue weighted by molar-refractivity contribution is -0.116. The van der Waals surface area contributed by atoms with E-state index in [2.05, 4.69) is 18.3 Å². The van der Waals surface area contributed by atoms with Crippen LogP contribution in [0.5, 0.6) is 0 Å². The van der Waals surface area contributed by atoms with Gasteiger partial charge in [0.25, 0.3) is 0 Å². The highest BCUT2D eigenvalue weighted by atomic mass is 16.1. The van der Waals surface area contributed by atoms with E-state index in [9.17, 15) is 4.79 Å². The van der Waals surface area contributed by atoms with Crippen molar-refractivity contribution in [3.8, 4) is 6.07 Å². The SMILES string of the molecule is CCCCCCCCCC(=O)Nc1ccc(CC#N)cc1. The smallest absolute Gasteiger partial charge is 0.224 e. The van der Waals surface area contributed by atoms with Crippen molar-refractivity contribution in [2.75, 3.05) is 5.32 Å². The molecule has 3 heteroatoms. The minimum Gasteiger partial charge on any atom is -0.326 e. The first-order chi connectivity index (χ1) is 10.3. The molecular formula is C18H26N2O. The van der Waals surface area contributed by atoms with Gasteiger partial charge in [0, 0.05) is 12.1 Å². The second-order valence-corrected chi connectivity index (χ2v) is 5.45. The zero-order chi connectivity index (χ0) is 15.3. The van der Waals surface area contributed by atoms with E-state index in [1.807, 2.05) is 24.3 Å². The summed E-state index contributed by atoms with van der Waals surface area (Å²) in [6.45, 7) is 2.22. The van der Waals surface area contributed by atoms with Gasteiger partial charge in [-0.3, -0.25) is 4.79 Å². The Kier molecular flexibility index (Phi) is 8.95. The summed E-state index contributed by atoms with van der Waals surface area (Å²) >= 11 is 0. The van der Waals surface area contributed by atoms with E-state index in [0.29, 0.717) is 12.8 Å². The van der Waals surface area contributed by atoms with Gasteiger partial charge in [-0.25, -0.2) is 0 Å². The lowest BCUT2D eigenvalue weighted by atomic mass is 10.1. The third-order valence-corrected chi connectivity index (χ3v) is 3.53. The lowest BCUT2D eigenvalue weighted by Crippen LogP contribution is -2.10. The predicted octanol–water partition coefficient (Wildman–Crippen LogP) is 4.83. The van der Waals surface area contributed by atoms with Gasteiger partial charge in [0.2, 0.25) is 5.91 Å². The van der Waals surface area contributed by atoms with E-state index in [4.69, 9.17) is 5.26 Å². The summed E-state index contributed by atoms with van der Waals surface area (Å²) < 4.78 is 0. The Morgan fingerprint density at radius 3 is 2.29 bits per heavy atom. The molecule has 0 atom stereocenters. The Bertz CT molecular complexity index is 445. The fourth-order valence-corrected chi connectivity index (χ4v) is 2.26. The van der Waals surface area contributed by atoms with Gasteiger partial charge >= 0.3 is 0 Å². The molecule has 0 spiro atoms. The fourth-order valence-electron chi connectivity index (χ4n) is 2.26. The van der Waals surface area contributed by atoms with Crippen LogP contribution in [0.4, 0.5) is 5.69 Å². The van der Waals surface area contributed by atoms with Crippen molar-refractivity contribution >= 4 is 11.6 Å². The van der Waals surface area contributed by atoms with E-state index in [1.165, 1.54) is 32.1 Å². The first-order valence-electron chi connectivity index (χ1n) is 8.02. The molecule has 0 saturated carbocycles. The van der Waals surface area contributed by atoms with E-state index in [0.717, 1.165) is 24.1 Å². The van der Waals surface area contributed by atoms with Crippen LogP contribution in [-0.4, -0.2) is 5.91 Å². The Morgan fingerprint density at radius 1 is 1.05 bits per heavy atom. The van der Waals surface area contributed by atoms with Crippen LogP contribution < -0.4 is 5.32 Å². The monoisotopic (exact) mass is 286 g/mol. The third kappa shape index (κ3) is 8.14. The molecule has 0 bridgehead atoms. The number of benzene rings is 1. The fraction of sp³-hybridized carbons (Fsp3) is 0.556. The van der Waals surface area contributed by atoms with Gasteiger partial charge in [0.1, 0.15) is 0 Å². The minimum atomic E-state index is 0.0802. The number of rotatable bonds is 10. The van der Waals surface area contributed by atoms with Crippen molar-refractivity contribution < 1.29 is 4.79 Å². The molecule has 0 fully saturated rings. The summed E-state index contributed by atoms with van der Waals surface area (Å²) in [5, 5.41) is 11.5. The number of nitrogens with zero attached hydrogens (tertiary/aromatic N) is 1. The maximum Gasteiger partial charge on any atom is 0.224 e. The van der Waals surface area contributed by atoms with Crippen LogP contribution in [0.15, 0.2) is 24.3 Å². The van der Waals surface area contributed by atoms with Gasteiger partial charge in [-0.1, -0.05) is 57.6 Å². The molecule has 21 heavy (non-hydrogen) atoms. The Balaban J connectivity index is 2.14. The van der Waals surface area contributed by atoms with Crippen molar-refractivity contribution in [1.82, 2.24) is 0 Å². The normalized spacial score (nSPS) is 10.1. The lowest BCUT2D eigenvalue weighted by Gasteiger charge is -2.06. The molecule has 3 nitrogen and oxygen atoms in total. The number of hydrogen-bond donors (Lipinski definition) is 1. The average Bonchev–Trinajstić information content (AvgIpc) is 2.49. The van der Waals surface area contributed by atoms with Crippen LogP contribution in [0.3, 0.4) is 0 Å². The summed E-state index contributed by atoms with van der Waals surface area (Å²) in [6, 6.07) is 9.59. The van der Waals surface area contributed by atoms with Gasteiger partial charge in [-0.2, -0.15) is 5.26 Å². The zero-order valence-corrected chi connectivity index (χ0v) is 13.0. The van der Waals surface area contributed by atoms with Gasteiger partial charge in [0.15, 0.2) is 0 Å². The van der Waals surface area contributed by atoms with Crippen molar-refractivity contribution in [3.05, 3.63) is 29.8 Å². The number of anilines is 1. The molecule has 1 N–H and O–H groups in total. The van der Waals surface area contributed by atoms with E-state index in [1.54, 1.807) is 0 Å². The molecule has 114 valence electrons. The van der Waals surface area contributed by atoms with Crippen LogP contribution in [-0.2, 0) is 11.2 Å². The molecule has 0 heterocycles. The average molecular weight is 286 g/mol. The maximum atomic E-state index is 11.8. The molecule has 0 aliphatic carbocycles. The number of nitrogens with one attached hydrogen (secondary N) is 1. The van der Waals surface area contributed by atoms with Crippen molar-refractivity contribution in [3.63, 3.8) is 0 Å². The number of hydrogen-bond acceptors (Lipinski definition) is 2. The number of amides is 1. The number of unbranched alkanes of at least 4 members (excludes halogenated alkanes) is 6. The van der Waals surface area contributed by atoms with Crippen LogP contribution in [0.2, 0.25) is 0 Å². The Morgan fingerprint density at radius 2 is 1.67 bits per heavy atom. The van der Waals surface area contributed by atoms with Crippen molar-refractivity contribution in [2.45, 2.75) is 64.7 Å². The number of nitriles is 1. The van der Waals surface area contributed by atoms with E-state index in [-0.39, 0.29) is 5.91 Å². The standard InChI is InChI=1S/C18H26N2O/c1-2-3-4-5-6-7-8-9-18(21)20-17-12-10-16(11-13-17)14-15-19/h10-13H,2-9,14H2,1H3,(H,20,21). The summed E-state index contributed by atoms with van der Waals surface area (Å²) in [5.74, 6) is 0.0802. The summed E-state index contributed by atoms with van der Waals surface area (Å²) in [4.78, 5) is 11.8. The van der Waals surface area contributed by atoms with Crippen molar-refractivity contribution in [2.24, 2.45) is 0 Å². The van der Waals surface area contributed by atoms with E-state index < -0.39 is 0 Å². The van der Waals surface area contributed by atoms with Crippen molar-refractivity contribution in [1.29, 1.82) is 5.26 Å². The predicted molar refractivity (Wildman–Crippen MR) is 87.0 cm³/mol. The minimum absolute atomic E-state index is 0.0802. The molecule has 0 unspecified atom stereocenters. The summed E-state index contributed by atoms with van der Waals surface area (Å²) in [6.07, 6.45) is 9.53. The second kappa shape index (κ2) is 10.9. The molecule has 1 aromatic rings. The van der Waals surface area contributed by atoms with Crippen LogP contribution in [0.1, 0.15) is 63.9 Å². The van der Waals surface area contributed by atoms with Gasteiger partial charge in [0.05, 0.1) is 12.5 Å². The molecule has 0 aliphatic heterocycles. The molecule has 0 aliphatic rings. The van der Waals surface area contributed by atoms with Crippen LogP contribution in [0.25, 0.3) is 0 Å². The molecule has 0 radical (unpaired) electrons. The summed E-state index contributed by atoms with van der Waals surface area (Å²) in [5.41, 5.74) is 1.78.